The van der Waals surface area contributed by atoms with E-state index in [1.165, 1.54) is 0 Å². The van der Waals surface area contributed by atoms with Crippen LogP contribution in [0, 0.1) is 5.41 Å². The van der Waals surface area contributed by atoms with Crippen LogP contribution in [0.5, 0.6) is 0 Å². The first-order chi connectivity index (χ1) is 16.2. The average Bonchev–Trinajstić information content (AvgIpc) is 2.74. The van der Waals surface area contributed by atoms with Crippen molar-refractivity contribution in [1.82, 2.24) is 10.9 Å². The average molecular weight is 691 g/mol. The lowest BCUT2D eigenvalue weighted by atomic mass is 10.1. The Labute approximate surface area is 249 Å². The summed E-state index contributed by atoms with van der Waals surface area (Å²) >= 11 is 6.67. The van der Waals surface area contributed by atoms with E-state index in [-0.39, 0.29) is 30.7 Å². The van der Waals surface area contributed by atoms with Crippen LogP contribution in [0.1, 0.15) is 45.7 Å². The molecular formula is C24H40Br2Cl2N6O3. The number of nitrogens with two attached hydrogens (primary N) is 2. The van der Waals surface area contributed by atoms with Crippen molar-refractivity contribution in [3.05, 3.63) is 68.6 Å². The molecule has 2 rings (SSSR count). The van der Waals surface area contributed by atoms with E-state index in [2.05, 4.69) is 47.8 Å². The fourth-order valence-electron chi connectivity index (χ4n) is 2.08. The number of nitrogens with zero attached hydrogens (tertiary/aromatic N) is 1. The molecule has 9 N–H and O–H groups in total. The first-order valence-electron chi connectivity index (χ1n) is 10.9. The van der Waals surface area contributed by atoms with Crippen LogP contribution in [0.25, 0.3) is 0 Å². The third-order valence-corrected chi connectivity index (χ3v) is 4.84. The molecular weight excluding hydrogens is 651 g/mol. The van der Waals surface area contributed by atoms with E-state index in [0.29, 0.717) is 25.5 Å². The van der Waals surface area contributed by atoms with Crippen LogP contribution >= 0.6 is 56.7 Å². The Balaban J connectivity index is -0.000000490. The summed E-state index contributed by atoms with van der Waals surface area (Å²) in [5.41, 5.74) is 11.0. The van der Waals surface area contributed by atoms with Crippen molar-refractivity contribution >= 4 is 68.4 Å². The molecule has 0 unspecified atom stereocenters. The Morgan fingerprint density at radius 1 is 0.892 bits per heavy atom. The molecule has 0 aliphatic carbocycles. The van der Waals surface area contributed by atoms with Gasteiger partial charge in [-0.25, -0.2) is 0 Å². The van der Waals surface area contributed by atoms with E-state index in [4.69, 9.17) is 26.8 Å². The Kier molecular flexibility index (Phi) is 22.2. The summed E-state index contributed by atoms with van der Waals surface area (Å²) < 4.78 is 7.04. The zero-order chi connectivity index (χ0) is 27.1. The third-order valence-electron chi connectivity index (χ3n) is 3.78. The Morgan fingerprint density at radius 3 is 1.62 bits per heavy atom. The van der Waals surface area contributed by atoms with Crippen molar-refractivity contribution in [1.29, 1.82) is 5.41 Å². The molecule has 212 valence electrons. The van der Waals surface area contributed by atoms with E-state index in [0.717, 1.165) is 20.1 Å². The zero-order valence-electron chi connectivity index (χ0n) is 21.7. The van der Waals surface area contributed by atoms with Gasteiger partial charge in [0.25, 0.3) is 0 Å². The molecule has 0 spiro atoms. The summed E-state index contributed by atoms with van der Waals surface area (Å²) in [5, 5.41) is 29.8. The third kappa shape index (κ3) is 22.3. The molecule has 0 fully saturated rings. The van der Waals surface area contributed by atoms with Gasteiger partial charge in [0.05, 0.1) is 24.4 Å². The quantitative estimate of drug-likeness (QED) is 0.0940. The molecule has 2 aromatic carbocycles. The summed E-state index contributed by atoms with van der Waals surface area (Å²) in [4.78, 5) is 0. The molecule has 0 heterocycles. The number of rotatable bonds is 8. The van der Waals surface area contributed by atoms with Gasteiger partial charge >= 0.3 is 0 Å². The van der Waals surface area contributed by atoms with Gasteiger partial charge in [-0.1, -0.05) is 44.0 Å². The van der Waals surface area contributed by atoms with E-state index in [1.54, 1.807) is 27.7 Å². The summed E-state index contributed by atoms with van der Waals surface area (Å²) in [6.07, 6.45) is 0. The van der Waals surface area contributed by atoms with Gasteiger partial charge in [-0.3, -0.25) is 16.7 Å². The number of hydrogen-bond acceptors (Lipinski definition) is 8. The van der Waals surface area contributed by atoms with Gasteiger partial charge in [0, 0.05) is 26.6 Å². The first-order valence-corrected chi connectivity index (χ1v) is 12.4. The lowest BCUT2D eigenvalue weighted by Gasteiger charge is -2.16. The number of amidine groups is 1. The van der Waals surface area contributed by atoms with Crippen LogP contribution < -0.4 is 22.4 Å². The van der Waals surface area contributed by atoms with Crippen LogP contribution in [0.3, 0.4) is 0 Å². The second-order valence-electron chi connectivity index (χ2n) is 8.61. The van der Waals surface area contributed by atoms with Gasteiger partial charge in [-0.15, -0.1) is 24.8 Å². The maximum atomic E-state index is 9.46. The minimum absolute atomic E-state index is 0. The molecule has 0 bridgehead atoms. The highest BCUT2D eigenvalue weighted by molar-refractivity contribution is 9.10. The molecule has 0 saturated carbocycles. The summed E-state index contributed by atoms with van der Waals surface area (Å²) in [6, 6.07) is 15.0. The van der Waals surface area contributed by atoms with Crippen molar-refractivity contribution in [2.24, 2.45) is 16.7 Å². The molecule has 37 heavy (non-hydrogen) atoms. The van der Waals surface area contributed by atoms with Crippen LogP contribution in [-0.2, 0) is 4.74 Å². The van der Waals surface area contributed by atoms with Gasteiger partial charge in [0.15, 0.2) is 5.84 Å². The second kappa shape index (κ2) is 20.5. The minimum Gasteiger partial charge on any atom is -0.478 e. The lowest BCUT2D eigenvalue weighted by Crippen LogP contribution is -2.38. The SMILES string of the molecule is CC(C)(O)CNN.CC(C)(O)CNN=C(N)c1ccc(Br)cc1.CCOC(=N)c1ccc(Br)cc1.Cl.Cl. The Hall–Kier alpha value is -1.44. The maximum Gasteiger partial charge on any atom is 0.213 e. The molecule has 0 aromatic heterocycles. The fraction of sp³-hybridized carbons (Fsp3) is 0.417. The molecule has 9 nitrogen and oxygen atoms in total. The predicted octanol–water partition coefficient (Wildman–Crippen LogP) is 4.31. The molecule has 0 amide bonds. The summed E-state index contributed by atoms with van der Waals surface area (Å²) in [7, 11) is 0. The van der Waals surface area contributed by atoms with Crippen molar-refractivity contribution < 1.29 is 14.9 Å². The molecule has 0 aliphatic rings. The first kappa shape index (κ1) is 40.1. The number of nitrogens with one attached hydrogen (secondary N) is 3. The zero-order valence-corrected chi connectivity index (χ0v) is 26.5. The normalized spacial score (nSPS) is 10.8. The molecule has 13 heteroatoms. The topological polar surface area (TPSA) is 162 Å². The number of hydrazine groups is 1. The maximum absolute atomic E-state index is 9.46. The predicted molar refractivity (Wildman–Crippen MR) is 165 cm³/mol. The standard InChI is InChI=1S/C11H16BrN3O.C9H10BrNO.C4H12N2O.2ClH/c1-11(2,16)7-14-15-10(13)8-3-5-9(12)6-4-8;1-2-12-9(11)7-3-5-8(10)6-4-7;1-4(2,7)3-6-5;;/h3-6,14,16H,7H2,1-2H3,(H2,13,15);3-6,11H,2H2,1H3;6-7H,3,5H2,1-2H3;2*1H. The minimum atomic E-state index is -0.802. The highest BCUT2D eigenvalue weighted by Gasteiger charge is 2.11. The largest absolute Gasteiger partial charge is 0.478 e. The van der Waals surface area contributed by atoms with Crippen LogP contribution in [-0.4, -0.2) is 52.8 Å². The van der Waals surface area contributed by atoms with Gasteiger partial charge in [-0.2, -0.15) is 5.10 Å². The number of hydrazone groups is 1. The lowest BCUT2D eigenvalue weighted by molar-refractivity contribution is 0.0796. The van der Waals surface area contributed by atoms with Gasteiger partial charge in [0.2, 0.25) is 5.90 Å². The van der Waals surface area contributed by atoms with Crippen molar-refractivity contribution in [2.45, 2.75) is 45.8 Å². The van der Waals surface area contributed by atoms with Crippen molar-refractivity contribution in [3.63, 3.8) is 0 Å². The molecule has 0 aliphatic heterocycles. The van der Waals surface area contributed by atoms with Crippen LogP contribution in [0.15, 0.2) is 62.6 Å². The Bertz CT molecular complexity index is 905. The molecule has 0 radical (unpaired) electrons. The number of aliphatic hydroxyl groups is 2. The van der Waals surface area contributed by atoms with Crippen molar-refractivity contribution in [2.75, 3.05) is 19.7 Å². The highest BCUT2D eigenvalue weighted by Crippen LogP contribution is 2.11. The summed E-state index contributed by atoms with van der Waals surface area (Å²) in [6.45, 7) is 9.95. The van der Waals surface area contributed by atoms with Crippen molar-refractivity contribution in [3.8, 4) is 0 Å². The molecule has 0 atom stereocenters. The highest BCUT2D eigenvalue weighted by atomic mass is 79.9. The fourth-order valence-corrected chi connectivity index (χ4v) is 2.61. The number of benzene rings is 2. The monoisotopic (exact) mass is 688 g/mol. The Morgan fingerprint density at radius 2 is 1.30 bits per heavy atom. The van der Waals surface area contributed by atoms with Gasteiger partial charge in [-0.05, 0) is 71.0 Å². The van der Waals surface area contributed by atoms with Crippen LogP contribution in [0.2, 0.25) is 0 Å². The van der Waals surface area contributed by atoms with E-state index < -0.39 is 11.2 Å². The van der Waals surface area contributed by atoms with Gasteiger partial charge in [0.1, 0.15) is 0 Å². The number of ether oxygens (including phenoxy) is 1. The van der Waals surface area contributed by atoms with E-state index in [9.17, 15) is 5.11 Å². The van der Waals surface area contributed by atoms with E-state index in [1.807, 2.05) is 55.5 Å². The molecule has 2 aromatic rings. The number of hydrogen-bond donors (Lipinski definition) is 7. The van der Waals surface area contributed by atoms with E-state index >= 15 is 0 Å². The second-order valence-corrected chi connectivity index (χ2v) is 10.4. The molecule has 0 saturated heterocycles. The number of halogens is 4. The van der Waals surface area contributed by atoms with Crippen LogP contribution in [0.4, 0.5) is 0 Å². The smallest absolute Gasteiger partial charge is 0.213 e. The van der Waals surface area contributed by atoms with Gasteiger partial charge < -0.3 is 26.1 Å². The summed E-state index contributed by atoms with van der Waals surface area (Å²) in [5.74, 6) is 5.53.